The lowest BCUT2D eigenvalue weighted by atomic mass is 9.95. The van der Waals surface area contributed by atoms with E-state index in [-0.39, 0.29) is 16.9 Å². The molecule has 0 bridgehead atoms. The standard InChI is InChI=1S/C20H21N3O2S/c1-13(26-17-11-14(12-21)9-10-22-17)18(24)15-5-7-16(8-6-15)23-19(25)20(2,3)4/h5-11,13H,1-4H3,(H,23,25). The van der Waals surface area contributed by atoms with Crippen molar-refractivity contribution in [3.63, 3.8) is 0 Å². The summed E-state index contributed by atoms with van der Waals surface area (Å²) in [7, 11) is 0. The van der Waals surface area contributed by atoms with Crippen LogP contribution in [-0.2, 0) is 4.79 Å². The third-order valence-corrected chi connectivity index (χ3v) is 4.67. The number of nitrogens with zero attached hydrogens (tertiary/aromatic N) is 2. The summed E-state index contributed by atoms with van der Waals surface area (Å²) in [5.41, 5.74) is 1.26. The van der Waals surface area contributed by atoms with Gasteiger partial charge >= 0.3 is 0 Å². The van der Waals surface area contributed by atoms with Gasteiger partial charge in [0.2, 0.25) is 5.91 Å². The molecule has 1 amide bonds. The number of rotatable bonds is 5. The zero-order valence-corrected chi connectivity index (χ0v) is 16.1. The quantitative estimate of drug-likeness (QED) is 0.629. The fourth-order valence-electron chi connectivity index (χ4n) is 2.05. The van der Waals surface area contributed by atoms with Crippen molar-refractivity contribution in [1.29, 1.82) is 5.26 Å². The summed E-state index contributed by atoms with van der Waals surface area (Å²) in [5.74, 6) is -0.114. The number of hydrogen-bond acceptors (Lipinski definition) is 5. The van der Waals surface area contributed by atoms with E-state index in [1.807, 2.05) is 27.7 Å². The fourth-order valence-corrected chi connectivity index (χ4v) is 2.97. The maximum absolute atomic E-state index is 12.6. The summed E-state index contributed by atoms with van der Waals surface area (Å²) < 4.78 is 0. The van der Waals surface area contributed by atoms with Crippen LogP contribution in [0, 0.1) is 16.7 Å². The minimum Gasteiger partial charge on any atom is -0.326 e. The van der Waals surface area contributed by atoms with Crippen LogP contribution in [0.15, 0.2) is 47.6 Å². The molecule has 26 heavy (non-hydrogen) atoms. The number of carbonyl (C=O) groups excluding carboxylic acids is 2. The van der Waals surface area contributed by atoms with Gasteiger partial charge < -0.3 is 5.32 Å². The molecular formula is C20H21N3O2S. The molecule has 1 aromatic heterocycles. The number of carbonyl (C=O) groups is 2. The Morgan fingerprint density at radius 1 is 1.19 bits per heavy atom. The Bertz CT molecular complexity index is 849. The molecule has 0 radical (unpaired) electrons. The molecule has 0 spiro atoms. The molecule has 2 aromatic rings. The number of aromatic nitrogens is 1. The number of hydrogen-bond donors (Lipinski definition) is 1. The predicted molar refractivity (Wildman–Crippen MR) is 103 cm³/mol. The normalized spacial score (nSPS) is 12.1. The van der Waals surface area contributed by atoms with E-state index in [9.17, 15) is 9.59 Å². The molecule has 6 heteroatoms. The Balaban J connectivity index is 2.04. The first-order chi connectivity index (χ1) is 12.2. The molecule has 1 atom stereocenters. The van der Waals surface area contributed by atoms with Gasteiger partial charge in [0.25, 0.3) is 0 Å². The number of nitrogens with one attached hydrogen (secondary N) is 1. The summed E-state index contributed by atoms with van der Waals surface area (Å²) in [5, 5.41) is 12.1. The van der Waals surface area contributed by atoms with Gasteiger partial charge in [-0.25, -0.2) is 4.98 Å². The first kappa shape index (κ1) is 19.7. The molecule has 2 rings (SSSR count). The second-order valence-electron chi connectivity index (χ2n) is 6.90. The molecule has 1 unspecified atom stereocenters. The number of benzene rings is 1. The van der Waals surface area contributed by atoms with E-state index in [1.54, 1.807) is 42.6 Å². The van der Waals surface area contributed by atoms with Crippen LogP contribution in [0.25, 0.3) is 0 Å². The second kappa shape index (κ2) is 8.15. The monoisotopic (exact) mass is 367 g/mol. The molecule has 0 aliphatic rings. The van der Waals surface area contributed by atoms with Crippen molar-refractivity contribution in [3.8, 4) is 6.07 Å². The SMILES string of the molecule is CC(Sc1cc(C#N)ccn1)C(=O)c1ccc(NC(=O)C(C)(C)C)cc1. The zero-order valence-electron chi connectivity index (χ0n) is 15.2. The number of pyridine rings is 1. The fraction of sp³-hybridized carbons (Fsp3) is 0.300. The van der Waals surface area contributed by atoms with E-state index in [4.69, 9.17) is 5.26 Å². The molecule has 0 aliphatic heterocycles. The highest BCUT2D eigenvalue weighted by atomic mass is 32.2. The van der Waals surface area contributed by atoms with Crippen molar-refractivity contribution >= 4 is 29.1 Å². The third-order valence-electron chi connectivity index (χ3n) is 3.64. The average Bonchev–Trinajstić information content (AvgIpc) is 2.61. The molecule has 0 saturated heterocycles. The first-order valence-electron chi connectivity index (χ1n) is 8.19. The lowest BCUT2D eigenvalue weighted by Gasteiger charge is -2.17. The lowest BCUT2D eigenvalue weighted by Crippen LogP contribution is -2.27. The molecule has 0 aliphatic carbocycles. The predicted octanol–water partition coefficient (Wildman–Crippen LogP) is 4.30. The van der Waals surface area contributed by atoms with Gasteiger partial charge in [0.05, 0.1) is 21.9 Å². The van der Waals surface area contributed by atoms with Gasteiger partial charge in [-0.15, -0.1) is 0 Å². The molecule has 1 heterocycles. The summed E-state index contributed by atoms with van der Waals surface area (Å²) in [6, 6.07) is 12.2. The molecule has 0 fully saturated rings. The number of nitriles is 1. The van der Waals surface area contributed by atoms with Crippen molar-refractivity contribution in [2.45, 2.75) is 38.0 Å². The van der Waals surface area contributed by atoms with Crippen molar-refractivity contribution < 1.29 is 9.59 Å². The Labute approximate surface area is 157 Å². The minimum absolute atomic E-state index is 0.0344. The van der Waals surface area contributed by atoms with Crippen molar-refractivity contribution in [2.24, 2.45) is 5.41 Å². The first-order valence-corrected chi connectivity index (χ1v) is 9.07. The van der Waals surface area contributed by atoms with Crippen molar-refractivity contribution in [3.05, 3.63) is 53.7 Å². The molecule has 1 N–H and O–H groups in total. The number of thioether (sulfide) groups is 1. The van der Waals surface area contributed by atoms with Crippen LogP contribution < -0.4 is 5.32 Å². The van der Waals surface area contributed by atoms with E-state index in [0.717, 1.165) is 0 Å². The van der Waals surface area contributed by atoms with Crippen LogP contribution in [0.4, 0.5) is 5.69 Å². The highest BCUT2D eigenvalue weighted by Gasteiger charge is 2.21. The van der Waals surface area contributed by atoms with Gasteiger partial charge in [-0.05, 0) is 43.3 Å². The van der Waals surface area contributed by atoms with Gasteiger partial charge in [0.1, 0.15) is 0 Å². The maximum Gasteiger partial charge on any atom is 0.229 e. The van der Waals surface area contributed by atoms with Crippen molar-refractivity contribution in [1.82, 2.24) is 4.98 Å². The van der Waals surface area contributed by atoms with Gasteiger partial charge in [0, 0.05) is 22.9 Å². The Hall–Kier alpha value is -2.65. The van der Waals surface area contributed by atoms with Gasteiger partial charge in [-0.1, -0.05) is 32.5 Å². The third kappa shape index (κ3) is 5.17. The van der Waals surface area contributed by atoms with Crippen LogP contribution in [0.3, 0.4) is 0 Å². The molecular weight excluding hydrogens is 346 g/mol. The number of ketones is 1. The molecule has 5 nitrogen and oxygen atoms in total. The van der Waals surface area contributed by atoms with Crippen LogP contribution in [0.1, 0.15) is 43.6 Å². The van der Waals surface area contributed by atoms with E-state index in [2.05, 4.69) is 16.4 Å². The molecule has 0 saturated carbocycles. The number of amides is 1. The van der Waals surface area contributed by atoms with Gasteiger partial charge in [-0.2, -0.15) is 5.26 Å². The summed E-state index contributed by atoms with van der Waals surface area (Å²) >= 11 is 1.31. The van der Waals surface area contributed by atoms with Crippen molar-refractivity contribution in [2.75, 3.05) is 5.32 Å². The number of anilines is 1. The zero-order chi connectivity index (χ0) is 19.3. The lowest BCUT2D eigenvalue weighted by molar-refractivity contribution is -0.123. The topological polar surface area (TPSA) is 82.8 Å². The Morgan fingerprint density at radius 3 is 2.42 bits per heavy atom. The van der Waals surface area contributed by atoms with Crippen LogP contribution in [0.5, 0.6) is 0 Å². The van der Waals surface area contributed by atoms with Crippen LogP contribution in [0.2, 0.25) is 0 Å². The maximum atomic E-state index is 12.6. The highest BCUT2D eigenvalue weighted by molar-refractivity contribution is 8.00. The van der Waals surface area contributed by atoms with E-state index >= 15 is 0 Å². The Morgan fingerprint density at radius 2 is 1.85 bits per heavy atom. The van der Waals surface area contributed by atoms with E-state index in [1.165, 1.54) is 11.8 Å². The van der Waals surface area contributed by atoms with E-state index in [0.29, 0.717) is 21.8 Å². The molecule has 1 aromatic carbocycles. The highest BCUT2D eigenvalue weighted by Crippen LogP contribution is 2.25. The minimum atomic E-state index is -0.482. The van der Waals surface area contributed by atoms with Crippen LogP contribution >= 0.6 is 11.8 Å². The second-order valence-corrected chi connectivity index (χ2v) is 8.26. The summed E-state index contributed by atoms with van der Waals surface area (Å²) in [6.07, 6.45) is 1.56. The number of Topliss-reactive ketones (excluding diaryl/α,β-unsaturated/α-hetero) is 1. The smallest absolute Gasteiger partial charge is 0.229 e. The Kier molecular flexibility index (Phi) is 6.17. The largest absolute Gasteiger partial charge is 0.326 e. The molecule has 134 valence electrons. The van der Waals surface area contributed by atoms with Crippen LogP contribution in [-0.4, -0.2) is 21.9 Å². The van der Waals surface area contributed by atoms with Gasteiger partial charge in [0.15, 0.2) is 5.78 Å². The average molecular weight is 367 g/mol. The van der Waals surface area contributed by atoms with E-state index < -0.39 is 5.41 Å². The van der Waals surface area contributed by atoms with Gasteiger partial charge in [-0.3, -0.25) is 9.59 Å². The summed E-state index contributed by atoms with van der Waals surface area (Å²) in [6.45, 7) is 7.33. The summed E-state index contributed by atoms with van der Waals surface area (Å²) in [4.78, 5) is 28.8.